The number of nitrogens with one attached hydrogen (secondary N) is 1. The van der Waals surface area contributed by atoms with E-state index in [1.807, 2.05) is 0 Å². The molecule has 0 heterocycles. The first-order chi connectivity index (χ1) is 14.7. The third-order valence-corrected chi connectivity index (χ3v) is 4.15. The fourth-order valence-electron chi connectivity index (χ4n) is 2.56. The topological polar surface area (TPSA) is 76.8 Å². The molecule has 0 aliphatic carbocycles. The van der Waals surface area contributed by atoms with Crippen LogP contribution in [0.2, 0.25) is 0 Å². The van der Waals surface area contributed by atoms with E-state index >= 15 is 0 Å². The second-order valence-corrected chi connectivity index (χ2v) is 6.31. The number of anilines is 1. The number of hydrazone groups is 1. The molecule has 0 atom stereocenters. The van der Waals surface area contributed by atoms with Crippen LogP contribution in [0.4, 0.5) is 28.9 Å². The normalized spacial score (nSPS) is 11.5. The van der Waals surface area contributed by atoms with Crippen molar-refractivity contribution in [3.63, 3.8) is 0 Å². The minimum absolute atomic E-state index is 0.0548. The number of hydrogen-bond acceptors (Lipinski definition) is 5. The highest BCUT2D eigenvalue weighted by molar-refractivity contribution is 5.80. The number of nitro groups is 1. The van der Waals surface area contributed by atoms with E-state index < -0.39 is 22.4 Å². The van der Waals surface area contributed by atoms with Gasteiger partial charge in [-0.05, 0) is 48.0 Å². The second-order valence-electron chi connectivity index (χ2n) is 6.31. The molecule has 0 aliphatic heterocycles. The van der Waals surface area contributed by atoms with Crippen LogP contribution in [0.3, 0.4) is 0 Å². The van der Waals surface area contributed by atoms with Crippen LogP contribution in [-0.4, -0.2) is 11.1 Å². The summed E-state index contributed by atoms with van der Waals surface area (Å²) in [5, 5.41) is 14.9. The summed E-state index contributed by atoms with van der Waals surface area (Å²) in [4.78, 5) is 10.1. The Balaban J connectivity index is 1.63. The number of rotatable bonds is 7. The van der Waals surface area contributed by atoms with E-state index in [1.165, 1.54) is 12.3 Å². The molecule has 3 aromatic rings. The first-order valence-corrected chi connectivity index (χ1v) is 8.85. The van der Waals surface area contributed by atoms with Crippen molar-refractivity contribution in [2.45, 2.75) is 12.8 Å². The molecule has 6 nitrogen and oxygen atoms in total. The van der Waals surface area contributed by atoms with Crippen molar-refractivity contribution in [2.24, 2.45) is 5.10 Å². The lowest BCUT2D eigenvalue weighted by atomic mass is 10.1. The molecule has 160 valence electrons. The van der Waals surface area contributed by atoms with Gasteiger partial charge in [0.05, 0.1) is 16.7 Å². The molecule has 10 heteroatoms. The van der Waals surface area contributed by atoms with Gasteiger partial charge in [0, 0.05) is 11.6 Å². The summed E-state index contributed by atoms with van der Waals surface area (Å²) in [6, 6.07) is 14.9. The van der Waals surface area contributed by atoms with Gasteiger partial charge in [0.15, 0.2) is 0 Å². The maximum Gasteiger partial charge on any atom is 0.416 e. The van der Waals surface area contributed by atoms with Crippen molar-refractivity contribution in [3.8, 4) is 5.75 Å². The summed E-state index contributed by atoms with van der Waals surface area (Å²) < 4.78 is 57.3. The van der Waals surface area contributed by atoms with Crippen molar-refractivity contribution in [1.82, 2.24) is 0 Å². The molecule has 0 bridgehead atoms. The highest BCUT2D eigenvalue weighted by Crippen LogP contribution is 2.34. The van der Waals surface area contributed by atoms with Gasteiger partial charge in [-0.2, -0.15) is 18.3 Å². The van der Waals surface area contributed by atoms with E-state index in [2.05, 4.69) is 10.5 Å². The Morgan fingerprint density at radius 2 is 1.77 bits per heavy atom. The average Bonchev–Trinajstić information content (AvgIpc) is 2.73. The summed E-state index contributed by atoms with van der Waals surface area (Å²) in [5.41, 5.74) is 1.33. The molecule has 3 aromatic carbocycles. The fraction of sp³-hybridized carbons (Fsp3) is 0.0952. The predicted octanol–water partition coefficient (Wildman–Crippen LogP) is 5.78. The number of ether oxygens (including phenoxy) is 1. The molecule has 0 aromatic heterocycles. The van der Waals surface area contributed by atoms with Crippen LogP contribution < -0.4 is 10.2 Å². The molecule has 1 N–H and O–H groups in total. The number of nitro benzene ring substituents is 1. The molecule has 31 heavy (non-hydrogen) atoms. The molecule has 0 aliphatic rings. The van der Waals surface area contributed by atoms with Crippen molar-refractivity contribution in [3.05, 3.63) is 99.4 Å². The van der Waals surface area contributed by atoms with Crippen LogP contribution in [0.5, 0.6) is 5.75 Å². The highest BCUT2D eigenvalue weighted by atomic mass is 19.4. The lowest BCUT2D eigenvalue weighted by Gasteiger charge is -2.08. The van der Waals surface area contributed by atoms with Crippen LogP contribution in [0.25, 0.3) is 0 Å². The number of nitrogens with zero attached hydrogens (tertiary/aromatic N) is 2. The first kappa shape index (κ1) is 21.8. The van der Waals surface area contributed by atoms with Gasteiger partial charge >= 0.3 is 6.18 Å². The Hall–Kier alpha value is -3.95. The molecule has 0 spiro atoms. The zero-order valence-corrected chi connectivity index (χ0v) is 15.8. The molecule has 0 amide bonds. The molecule has 0 fully saturated rings. The van der Waals surface area contributed by atoms with Gasteiger partial charge < -0.3 is 4.74 Å². The highest BCUT2D eigenvalue weighted by Gasteiger charge is 2.33. The van der Waals surface area contributed by atoms with Crippen molar-refractivity contribution in [2.75, 3.05) is 5.43 Å². The van der Waals surface area contributed by atoms with E-state index in [4.69, 9.17) is 4.74 Å². The third kappa shape index (κ3) is 5.78. The number of halogens is 4. The minimum Gasteiger partial charge on any atom is -0.489 e. The summed E-state index contributed by atoms with van der Waals surface area (Å²) in [7, 11) is 0. The van der Waals surface area contributed by atoms with Crippen LogP contribution >= 0.6 is 0 Å². The smallest absolute Gasteiger partial charge is 0.416 e. The SMILES string of the molecule is O=[N+]([O-])c1cc(C(F)(F)F)ccc1N/N=C\c1ccc(OCc2ccccc2F)cc1. The Bertz CT molecular complexity index is 1100. The van der Waals surface area contributed by atoms with Crippen LogP contribution in [-0.2, 0) is 12.8 Å². The molecule has 0 saturated heterocycles. The number of benzene rings is 3. The van der Waals surface area contributed by atoms with Gasteiger partial charge in [0.25, 0.3) is 5.69 Å². The van der Waals surface area contributed by atoms with Gasteiger partial charge in [-0.25, -0.2) is 4.39 Å². The van der Waals surface area contributed by atoms with Crippen molar-refractivity contribution in [1.29, 1.82) is 0 Å². The molecular formula is C21H15F4N3O3. The Morgan fingerprint density at radius 3 is 2.42 bits per heavy atom. The standard InChI is InChI=1S/C21H15F4N3O3/c22-18-4-2-1-3-15(18)13-31-17-8-5-14(6-9-17)12-26-27-19-10-7-16(21(23,24)25)11-20(19)28(29)30/h1-12,27H,13H2/b26-12-. The number of hydrogen-bond donors (Lipinski definition) is 1. The van der Waals surface area contributed by atoms with E-state index in [9.17, 15) is 27.7 Å². The monoisotopic (exact) mass is 433 g/mol. The van der Waals surface area contributed by atoms with Gasteiger partial charge in [-0.3, -0.25) is 15.5 Å². The van der Waals surface area contributed by atoms with Crippen LogP contribution in [0.1, 0.15) is 16.7 Å². The van der Waals surface area contributed by atoms with Crippen molar-refractivity contribution < 1.29 is 27.2 Å². The molecule has 0 radical (unpaired) electrons. The minimum atomic E-state index is -4.69. The van der Waals surface area contributed by atoms with Gasteiger partial charge in [0.1, 0.15) is 23.9 Å². The maximum absolute atomic E-state index is 13.6. The Kier molecular flexibility index (Phi) is 6.49. The molecular weight excluding hydrogens is 418 g/mol. The first-order valence-electron chi connectivity index (χ1n) is 8.85. The van der Waals surface area contributed by atoms with E-state index in [1.54, 1.807) is 42.5 Å². The van der Waals surface area contributed by atoms with Crippen LogP contribution in [0.15, 0.2) is 71.8 Å². The van der Waals surface area contributed by atoms with E-state index in [0.29, 0.717) is 22.9 Å². The van der Waals surface area contributed by atoms with Crippen molar-refractivity contribution >= 4 is 17.6 Å². The maximum atomic E-state index is 13.6. The third-order valence-electron chi connectivity index (χ3n) is 4.15. The lowest BCUT2D eigenvalue weighted by Crippen LogP contribution is -2.06. The number of alkyl halides is 3. The fourth-order valence-corrected chi connectivity index (χ4v) is 2.56. The van der Waals surface area contributed by atoms with Gasteiger partial charge in [-0.15, -0.1) is 0 Å². The van der Waals surface area contributed by atoms with Gasteiger partial charge in [0.2, 0.25) is 0 Å². The lowest BCUT2D eigenvalue weighted by molar-refractivity contribution is -0.384. The zero-order chi connectivity index (χ0) is 22.4. The second kappa shape index (κ2) is 9.24. The summed E-state index contributed by atoms with van der Waals surface area (Å²) >= 11 is 0. The van der Waals surface area contributed by atoms with Crippen LogP contribution in [0, 0.1) is 15.9 Å². The summed E-state index contributed by atoms with van der Waals surface area (Å²) in [6.07, 6.45) is -3.36. The van der Waals surface area contributed by atoms with E-state index in [0.717, 1.165) is 12.1 Å². The predicted molar refractivity (Wildman–Crippen MR) is 106 cm³/mol. The Labute approximate surface area is 173 Å². The quantitative estimate of drug-likeness (QED) is 0.222. The molecule has 0 unspecified atom stereocenters. The summed E-state index contributed by atoms with van der Waals surface area (Å²) in [5.74, 6) is 0.126. The summed E-state index contributed by atoms with van der Waals surface area (Å²) in [6.45, 7) is 0.0548. The van der Waals surface area contributed by atoms with E-state index in [-0.39, 0.29) is 18.1 Å². The average molecular weight is 433 g/mol. The zero-order valence-electron chi connectivity index (χ0n) is 15.8. The van der Waals surface area contributed by atoms with Gasteiger partial charge in [-0.1, -0.05) is 18.2 Å². The largest absolute Gasteiger partial charge is 0.489 e. The molecule has 3 rings (SSSR count). The molecule has 0 saturated carbocycles. The Morgan fingerprint density at radius 1 is 1.06 bits per heavy atom.